The average Bonchev–Trinajstić information content (AvgIpc) is 2.85. The smallest absolute Gasteiger partial charge is 0.158 e. The zero-order valence-corrected chi connectivity index (χ0v) is 9.29. The maximum absolute atomic E-state index is 11.8. The lowest BCUT2D eigenvalue weighted by atomic mass is 10.1. The fourth-order valence-corrected chi connectivity index (χ4v) is 1.66. The molecule has 0 bridgehead atoms. The molecule has 2 rings (SSSR count). The van der Waals surface area contributed by atoms with E-state index in [9.17, 15) is 4.79 Å². The average molecular weight is 207 g/mol. The molecule has 1 fully saturated rings. The van der Waals surface area contributed by atoms with E-state index in [0.29, 0.717) is 6.42 Å². The topological polar surface area (TPSA) is 60.9 Å². The van der Waals surface area contributed by atoms with Gasteiger partial charge in [0.15, 0.2) is 5.78 Å². The number of hydrogen-bond acceptors (Lipinski definition) is 3. The molecule has 4 nitrogen and oxygen atoms in total. The Morgan fingerprint density at radius 3 is 2.80 bits per heavy atom. The number of nitrogens with zero attached hydrogens (tertiary/aromatic N) is 2. The maximum Gasteiger partial charge on any atom is 0.158 e. The number of Topliss-reactive ketones (excluding diaryl/α,β-unsaturated/α-hetero) is 1. The van der Waals surface area contributed by atoms with Crippen molar-refractivity contribution >= 4 is 5.78 Å². The molecule has 0 aromatic carbocycles. The second kappa shape index (κ2) is 3.45. The van der Waals surface area contributed by atoms with E-state index < -0.39 is 5.54 Å². The molecule has 0 aliphatic heterocycles. The molecule has 0 spiro atoms. The zero-order chi connectivity index (χ0) is 11.1. The first-order chi connectivity index (χ1) is 7.05. The van der Waals surface area contributed by atoms with Crippen LogP contribution in [0.25, 0.3) is 0 Å². The number of carbonyl (C=O) groups excluding carboxylic acids is 1. The molecule has 15 heavy (non-hydrogen) atoms. The van der Waals surface area contributed by atoms with E-state index >= 15 is 0 Å². The van der Waals surface area contributed by atoms with Gasteiger partial charge in [-0.05, 0) is 25.3 Å². The van der Waals surface area contributed by atoms with Gasteiger partial charge in [0.2, 0.25) is 0 Å². The number of ketones is 1. The molecule has 1 aliphatic carbocycles. The molecule has 1 aliphatic rings. The van der Waals surface area contributed by atoms with Gasteiger partial charge < -0.3 is 5.73 Å². The summed E-state index contributed by atoms with van der Waals surface area (Å²) in [5.74, 6) is 0.146. The highest BCUT2D eigenvalue weighted by molar-refractivity contribution is 5.92. The maximum atomic E-state index is 11.8. The summed E-state index contributed by atoms with van der Waals surface area (Å²) in [6, 6.07) is 1.99. The highest BCUT2D eigenvalue weighted by atomic mass is 16.1. The van der Waals surface area contributed by atoms with Crippen molar-refractivity contribution in [1.29, 1.82) is 0 Å². The van der Waals surface area contributed by atoms with Gasteiger partial charge in [0.25, 0.3) is 0 Å². The summed E-state index contributed by atoms with van der Waals surface area (Å²) < 4.78 is 1.78. The molecule has 0 unspecified atom stereocenters. The molecule has 1 heterocycles. The lowest BCUT2D eigenvalue weighted by Gasteiger charge is -2.06. The van der Waals surface area contributed by atoms with Crippen LogP contribution in [0.15, 0.2) is 6.07 Å². The molecule has 1 aromatic heterocycles. The minimum absolute atomic E-state index is 0.146. The van der Waals surface area contributed by atoms with Gasteiger partial charge in [-0.15, -0.1) is 0 Å². The first-order valence-electron chi connectivity index (χ1n) is 5.39. The highest BCUT2D eigenvalue weighted by Gasteiger charge is 2.45. The second-order valence-electron chi connectivity index (χ2n) is 4.36. The van der Waals surface area contributed by atoms with Crippen molar-refractivity contribution in [2.75, 3.05) is 0 Å². The summed E-state index contributed by atoms with van der Waals surface area (Å²) in [5, 5.41) is 4.31. The fourth-order valence-electron chi connectivity index (χ4n) is 1.66. The van der Waals surface area contributed by atoms with Crippen LogP contribution in [0.4, 0.5) is 0 Å². The van der Waals surface area contributed by atoms with E-state index in [4.69, 9.17) is 5.73 Å². The van der Waals surface area contributed by atoms with Crippen LogP contribution in [0.3, 0.4) is 0 Å². The van der Waals surface area contributed by atoms with Gasteiger partial charge in [-0.25, -0.2) is 0 Å². The van der Waals surface area contributed by atoms with Gasteiger partial charge in [0.05, 0.1) is 17.7 Å². The van der Waals surface area contributed by atoms with Gasteiger partial charge in [-0.2, -0.15) is 5.10 Å². The van der Waals surface area contributed by atoms with Crippen LogP contribution >= 0.6 is 0 Å². The van der Waals surface area contributed by atoms with Crippen LogP contribution in [0, 0.1) is 0 Å². The summed E-state index contributed by atoms with van der Waals surface area (Å²) in [7, 11) is 1.87. The summed E-state index contributed by atoms with van der Waals surface area (Å²) in [6.07, 6.45) is 2.99. The third-order valence-corrected chi connectivity index (χ3v) is 3.08. The normalized spacial score (nSPS) is 17.8. The van der Waals surface area contributed by atoms with Crippen LogP contribution < -0.4 is 5.73 Å². The molecule has 0 radical (unpaired) electrons. The van der Waals surface area contributed by atoms with Crippen molar-refractivity contribution in [3.8, 4) is 0 Å². The Balaban J connectivity index is 2.10. The van der Waals surface area contributed by atoms with Crippen molar-refractivity contribution in [3.63, 3.8) is 0 Å². The van der Waals surface area contributed by atoms with Crippen molar-refractivity contribution in [2.45, 2.75) is 38.1 Å². The Morgan fingerprint density at radius 1 is 1.67 bits per heavy atom. The Labute approximate surface area is 89.5 Å². The van der Waals surface area contributed by atoms with Crippen molar-refractivity contribution < 1.29 is 4.79 Å². The summed E-state index contributed by atoms with van der Waals surface area (Å²) in [4.78, 5) is 11.8. The van der Waals surface area contributed by atoms with Crippen LogP contribution in [-0.4, -0.2) is 21.1 Å². The molecule has 82 valence electrons. The molecular formula is C11H17N3O. The first-order valence-corrected chi connectivity index (χ1v) is 5.39. The van der Waals surface area contributed by atoms with E-state index in [-0.39, 0.29) is 5.78 Å². The van der Waals surface area contributed by atoms with Crippen LogP contribution in [0.5, 0.6) is 0 Å². The number of carbonyl (C=O) groups is 1. The summed E-state index contributed by atoms with van der Waals surface area (Å²) >= 11 is 0. The number of rotatable bonds is 4. The third-order valence-electron chi connectivity index (χ3n) is 3.08. The minimum Gasteiger partial charge on any atom is -0.319 e. The Kier molecular flexibility index (Phi) is 2.38. The first kappa shape index (κ1) is 10.4. The van der Waals surface area contributed by atoms with Crippen molar-refractivity contribution in [2.24, 2.45) is 12.8 Å². The largest absolute Gasteiger partial charge is 0.319 e. The number of aromatic nitrogens is 2. The Bertz CT molecular complexity index is 391. The van der Waals surface area contributed by atoms with E-state index in [2.05, 4.69) is 12.0 Å². The standard InChI is InChI=1S/C11H17N3O/c1-3-8-6-9(14(2)13-8)7-10(15)11(12)4-5-11/h6H,3-5,7,12H2,1-2H3. The summed E-state index contributed by atoms with van der Waals surface area (Å²) in [6.45, 7) is 2.05. The van der Waals surface area contributed by atoms with Crippen LogP contribution in [0.1, 0.15) is 31.2 Å². The lowest BCUT2D eigenvalue weighted by Crippen LogP contribution is -2.34. The third kappa shape index (κ3) is 1.95. The van der Waals surface area contributed by atoms with Crippen LogP contribution in [-0.2, 0) is 24.7 Å². The monoisotopic (exact) mass is 207 g/mol. The van der Waals surface area contributed by atoms with E-state index in [1.807, 2.05) is 13.1 Å². The lowest BCUT2D eigenvalue weighted by molar-refractivity contribution is -0.120. The molecule has 1 aromatic rings. The summed E-state index contributed by atoms with van der Waals surface area (Å²) in [5.41, 5.74) is 7.33. The van der Waals surface area contributed by atoms with Crippen molar-refractivity contribution in [1.82, 2.24) is 9.78 Å². The van der Waals surface area contributed by atoms with E-state index in [0.717, 1.165) is 30.7 Å². The minimum atomic E-state index is -0.517. The second-order valence-corrected chi connectivity index (χ2v) is 4.36. The van der Waals surface area contributed by atoms with Gasteiger partial charge in [0.1, 0.15) is 0 Å². The van der Waals surface area contributed by atoms with Gasteiger partial charge in [-0.1, -0.05) is 6.92 Å². The number of nitrogens with two attached hydrogens (primary N) is 1. The molecule has 0 saturated heterocycles. The predicted octanol–water partition coefficient (Wildman–Crippen LogP) is 0.585. The molecular weight excluding hydrogens is 190 g/mol. The molecule has 0 amide bonds. The number of hydrogen-bond donors (Lipinski definition) is 1. The van der Waals surface area contributed by atoms with E-state index in [1.165, 1.54) is 0 Å². The molecule has 4 heteroatoms. The van der Waals surface area contributed by atoms with Crippen LogP contribution in [0.2, 0.25) is 0 Å². The fraction of sp³-hybridized carbons (Fsp3) is 0.636. The highest BCUT2D eigenvalue weighted by Crippen LogP contribution is 2.34. The van der Waals surface area contributed by atoms with Gasteiger partial charge in [0, 0.05) is 12.7 Å². The van der Waals surface area contributed by atoms with Crippen molar-refractivity contribution in [3.05, 3.63) is 17.5 Å². The Morgan fingerprint density at radius 2 is 2.33 bits per heavy atom. The van der Waals surface area contributed by atoms with E-state index in [1.54, 1.807) is 4.68 Å². The zero-order valence-electron chi connectivity index (χ0n) is 9.29. The quantitative estimate of drug-likeness (QED) is 0.785. The molecule has 1 saturated carbocycles. The molecule has 0 atom stereocenters. The number of aryl methyl sites for hydroxylation is 2. The van der Waals surface area contributed by atoms with Gasteiger partial charge >= 0.3 is 0 Å². The van der Waals surface area contributed by atoms with Gasteiger partial charge in [-0.3, -0.25) is 9.48 Å². The predicted molar refractivity (Wildman–Crippen MR) is 57.4 cm³/mol. The Hall–Kier alpha value is -1.16. The molecule has 2 N–H and O–H groups in total. The SMILES string of the molecule is CCc1cc(CC(=O)C2(N)CC2)n(C)n1.